The molecule has 1 aromatic rings. The fourth-order valence-electron chi connectivity index (χ4n) is 5.95. The highest BCUT2D eigenvalue weighted by molar-refractivity contribution is 5.94. The van der Waals surface area contributed by atoms with Gasteiger partial charge in [0.2, 0.25) is 5.91 Å². The Morgan fingerprint density at radius 3 is 2.55 bits per heavy atom. The van der Waals surface area contributed by atoms with E-state index < -0.39 is 11.7 Å². The number of nitrogens with zero attached hydrogens (tertiary/aromatic N) is 1. The maximum atomic E-state index is 12.7. The van der Waals surface area contributed by atoms with E-state index in [9.17, 15) is 22.8 Å². The highest BCUT2D eigenvalue weighted by Crippen LogP contribution is 2.51. The van der Waals surface area contributed by atoms with Crippen LogP contribution in [0.3, 0.4) is 0 Å². The molecule has 0 unspecified atom stereocenters. The van der Waals surface area contributed by atoms with Crippen molar-refractivity contribution in [3.05, 3.63) is 35.4 Å². The van der Waals surface area contributed by atoms with Crippen LogP contribution < -0.4 is 5.32 Å². The minimum atomic E-state index is -4.41. The second-order valence-corrected chi connectivity index (χ2v) is 8.80. The lowest BCUT2D eigenvalue weighted by Gasteiger charge is -2.52. The van der Waals surface area contributed by atoms with E-state index >= 15 is 0 Å². The maximum absolute atomic E-state index is 12.7. The van der Waals surface area contributed by atoms with Crippen LogP contribution in [0, 0.1) is 11.8 Å². The first-order valence-corrected chi connectivity index (χ1v) is 10.5. The standard InChI is InChI=1S/C22H27F3N2O2/c1-14-17-4-2-5-19(28)27-13-3-11-21(17,27)12-10-18(14)26-20(29)15-6-8-16(9-7-15)22(23,24)25/h6-9,14,17-18H,2-5,10-13H2,1H3,(H,26,29)/t14-,17+,18+,21-/m1/s1. The SMILES string of the molecule is C[C@H]1[C@@H](NC(=O)c2ccc(C(F)(F)F)cc2)CC[C@@]23CCCN2C(=O)CCC[C@@H]13. The van der Waals surface area contributed by atoms with Crippen LogP contribution in [0.15, 0.2) is 24.3 Å². The predicted octanol–water partition coefficient (Wildman–Crippen LogP) is 4.40. The van der Waals surface area contributed by atoms with Crippen LogP contribution in [0.4, 0.5) is 13.2 Å². The summed E-state index contributed by atoms with van der Waals surface area (Å²) in [6.07, 6.45) is 1.80. The van der Waals surface area contributed by atoms with Crippen molar-refractivity contribution in [2.75, 3.05) is 6.54 Å². The zero-order valence-electron chi connectivity index (χ0n) is 16.6. The number of rotatable bonds is 2. The molecule has 7 heteroatoms. The summed E-state index contributed by atoms with van der Waals surface area (Å²) in [7, 11) is 0. The van der Waals surface area contributed by atoms with Gasteiger partial charge in [0.1, 0.15) is 0 Å². The Labute approximate surface area is 168 Å². The molecular weight excluding hydrogens is 381 g/mol. The van der Waals surface area contributed by atoms with Crippen molar-refractivity contribution < 1.29 is 22.8 Å². The first-order chi connectivity index (χ1) is 13.7. The van der Waals surface area contributed by atoms with Crippen molar-refractivity contribution in [2.24, 2.45) is 11.8 Å². The van der Waals surface area contributed by atoms with Crippen molar-refractivity contribution >= 4 is 11.8 Å². The molecule has 0 radical (unpaired) electrons. The van der Waals surface area contributed by atoms with E-state index in [2.05, 4.69) is 17.1 Å². The van der Waals surface area contributed by atoms with Crippen LogP contribution in [0.1, 0.15) is 67.8 Å². The van der Waals surface area contributed by atoms with Gasteiger partial charge in [-0.05, 0) is 74.6 Å². The third-order valence-corrected chi connectivity index (χ3v) is 7.37. The number of benzene rings is 1. The van der Waals surface area contributed by atoms with Gasteiger partial charge in [0.05, 0.1) is 5.56 Å². The van der Waals surface area contributed by atoms with Gasteiger partial charge in [-0.3, -0.25) is 9.59 Å². The van der Waals surface area contributed by atoms with Crippen molar-refractivity contribution in [3.63, 3.8) is 0 Å². The first-order valence-electron chi connectivity index (χ1n) is 10.5. The van der Waals surface area contributed by atoms with Gasteiger partial charge in [0.15, 0.2) is 0 Å². The van der Waals surface area contributed by atoms with Gasteiger partial charge in [0.25, 0.3) is 5.91 Å². The van der Waals surface area contributed by atoms with Crippen molar-refractivity contribution in [2.45, 2.75) is 69.6 Å². The van der Waals surface area contributed by atoms with E-state index in [1.807, 2.05) is 0 Å². The number of carbonyl (C=O) groups excluding carboxylic acids is 2. The van der Waals surface area contributed by atoms with Gasteiger partial charge in [-0.25, -0.2) is 0 Å². The Balaban J connectivity index is 1.48. The molecule has 4 nitrogen and oxygen atoms in total. The van der Waals surface area contributed by atoms with Crippen molar-refractivity contribution in [3.8, 4) is 0 Å². The minimum absolute atomic E-state index is 0.0314. The third kappa shape index (κ3) is 3.53. The lowest BCUT2D eigenvalue weighted by Crippen LogP contribution is -2.59. The molecule has 158 valence electrons. The lowest BCUT2D eigenvalue weighted by molar-refractivity contribution is -0.138. The maximum Gasteiger partial charge on any atom is 0.416 e. The largest absolute Gasteiger partial charge is 0.416 e. The summed E-state index contributed by atoms with van der Waals surface area (Å²) < 4.78 is 38.2. The molecule has 2 amide bonds. The van der Waals surface area contributed by atoms with E-state index in [4.69, 9.17) is 0 Å². The van der Waals surface area contributed by atoms with E-state index in [0.717, 1.165) is 57.2 Å². The average Bonchev–Trinajstić information content (AvgIpc) is 3.04. The Hall–Kier alpha value is -2.05. The topological polar surface area (TPSA) is 49.4 Å². The quantitative estimate of drug-likeness (QED) is 0.789. The molecular formula is C22H27F3N2O2. The summed E-state index contributed by atoms with van der Waals surface area (Å²) in [5, 5.41) is 3.06. The van der Waals surface area contributed by atoms with Gasteiger partial charge in [-0.1, -0.05) is 6.92 Å². The number of hydrogen-bond acceptors (Lipinski definition) is 2. The van der Waals surface area contributed by atoms with Crippen LogP contribution in [0.5, 0.6) is 0 Å². The zero-order valence-corrected chi connectivity index (χ0v) is 16.6. The summed E-state index contributed by atoms with van der Waals surface area (Å²) >= 11 is 0. The van der Waals surface area contributed by atoms with Gasteiger partial charge in [-0.2, -0.15) is 13.2 Å². The number of alkyl halides is 3. The highest BCUT2D eigenvalue weighted by Gasteiger charge is 2.55. The molecule has 29 heavy (non-hydrogen) atoms. The molecule has 1 saturated carbocycles. The predicted molar refractivity (Wildman–Crippen MR) is 102 cm³/mol. The molecule has 2 heterocycles. The molecule has 3 aliphatic rings. The highest BCUT2D eigenvalue weighted by atomic mass is 19.4. The van der Waals surface area contributed by atoms with Crippen LogP contribution in [0.2, 0.25) is 0 Å². The van der Waals surface area contributed by atoms with Crippen LogP contribution in [0.25, 0.3) is 0 Å². The summed E-state index contributed by atoms with van der Waals surface area (Å²) in [6, 6.07) is 4.33. The molecule has 4 atom stereocenters. The molecule has 4 rings (SSSR count). The van der Waals surface area contributed by atoms with Crippen LogP contribution in [-0.4, -0.2) is 34.8 Å². The summed E-state index contributed by atoms with van der Waals surface area (Å²) in [6.45, 7) is 2.99. The molecule has 2 aliphatic heterocycles. The monoisotopic (exact) mass is 408 g/mol. The smallest absolute Gasteiger partial charge is 0.349 e. The number of carbonyl (C=O) groups is 2. The molecule has 0 aromatic heterocycles. The average molecular weight is 408 g/mol. The van der Waals surface area contributed by atoms with Gasteiger partial charge in [-0.15, -0.1) is 0 Å². The number of amides is 2. The van der Waals surface area contributed by atoms with E-state index in [-0.39, 0.29) is 34.9 Å². The van der Waals surface area contributed by atoms with Gasteiger partial charge in [0, 0.05) is 30.1 Å². The molecule has 2 saturated heterocycles. The van der Waals surface area contributed by atoms with E-state index in [1.165, 1.54) is 12.1 Å². The minimum Gasteiger partial charge on any atom is -0.349 e. The number of halogens is 3. The van der Waals surface area contributed by atoms with E-state index in [0.29, 0.717) is 12.3 Å². The second-order valence-electron chi connectivity index (χ2n) is 8.80. The normalized spacial score (nSPS) is 32.3. The van der Waals surface area contributed by atoms with Crippen molar-refractivity contribution in [1.82, 2.24) is 10.2 Å². The number of nitrogens with one attached hydrogen (secondary N) is 1. The zero-order chi connectivity index (χ0) is 20.8. The third-order valence-electron chi connectivity index (χ3n) is 7.37. The fraction of sp³-hybridized carbons (Fsp3) is 0.636. The summed E-state index contributed by atoms with van der Waals surface area (Å²) in [4.78, 5) is 27.4. The molecule has 1 spiro atoms. The number of hydrogen-bond donors (Lipinski definition) is 1. The Bertz CT molecular complexity index is 792. The Kier molecular flexibility index (Phi) is 5.11. The fourth-order valence-corrected chi connectivity index (χ4v) is 5.95. The van der Waals surface area contributed by atoms with Gasteiger partial charge >= 0.3 is 6.18 Å². The molecule has 1 aliphatic carbocycles. The Morgan fingerprint density at radius 1 is 1.14 bits per heavy atom. The Morgan fingerprint density at radius 2 is 1.86 bits per heavy atom. The van der Waals surface area contributed by atoms with Crippen LogP contribution >= 0.6 is 0 Å². The lowest BCUT2D eigenvalue weighted by atomic mass is 9.63. The van der Waals surface area contributed by atoms with E-state index in [1.54, 1.807) is 0 Å². The van der Waals surface area contributed by atoms with Gasteiger partial charge < -0.3 is 10.2 Å². The molecule has 0 bridgehead atoms. The second kappa shape index (κ2) is 7.33. The molecule has 1 N–H and O–H groups in total. The summed E-state index contributed by atoms with van der Waals surface area (Å²) in [5.41, 5.74) is -0.585. The first kappa shape index (κ1) is 20.2. The molecule has 1 aromatic carbocycles. The van der Waals surface area contributed by atoms with Crippen molar-refractivity contribution in [1.29, 1.82) is 0 Å². The molecule has 3 fully saturated rings. The summed E-state index contributed by atoms with van der Waals surface area (Å²) in [5.74, 6) is 0.501. The van der Waals surface area contributed by atoms with Crippen LogP contribution in [-0.2, 0) is 11.0 Å².